The van der Waals surface area contributed by atoms with E-state index in [1.54, 1.807) is 32.6 Å². The Kier molecular flexibility index (Phi) is 30.7. The summed E-state index contributed by atoms with van der Waals surface area (Å²) in [5, 5.41) is 7.39. The van der Waals surface area contributed by atoms with E-state index in [0.29, 0.717) is 51.6 Å². The Bertz CT molecular complexity index is 3170. The molecule has 15 atom stereocenters. The first-order valence-electron chi connectivity index (χ1n) is 38.9. The minimum atomic E-state index is -4.57. The van der Waals surface area contributed by atoms with Crippen molar-refractivity contribution in [1.29, 1.82) is 0 Å². The summed E-state index contributed by atoms with van der Waals surface area (Å²) >= 11 is 6.42. The Hall–Kier alpha value is -6.53. The fourth-order valence-corrected chi connectivity index (χ4v) is 17.6. The Morgan fingerprint density at radius 2 is 1.22 bits per heavy atom. The molecule has 0 aromatic heterocycles. The molecule has 12 amide bonds. The van der Waals surface area contributed by atoms with Crippen molar-refractivity contribution in [3.63, 3.8) is 0 Å². The van der Waals surface area contributed by atoms with Crippen LogP contribution in [0.4, 0.5) is 26.3 Å². The molecule has 7 rings (SSSR count). The third kappa shape index (κ3) is 20.9. The van der Waals surface area contributed by atoms with E-state index in [-0.39, 0.29) is 122 Å². The predicted octanol–water partition coefficient (Wildman–Crippen LogP) is 6.89. The molecule has 3 N–H and O–H groups in total. The van der Waals surface area contributed by atoms with E-state index >= 15 is 28.8 Å². The fraction of sp³-hybridized carbons (Fsp3) is 0.840. The number of carbonyl (C=O) groups is 12. The van der Waals surface area contributed by atoms with E-state index in [1.807, 2.05) is 20.8 Å². The molecule has 7 fully saturated rings. The number of hydrogen-bond acceptors (Lipinski definition) is 13. The summed E-state index contributed by atoms with van der Waals surface area (Å²) in [7, 11) is 8.20. The second-order valence-corrected chi connectivity index (χ2v) is 32.8. The first-order chi connectivity index (χ1) is 50.1. The number of carbonyl (C=O) groups excluding carboxylic acids is 12. The molecule has 7 aliphatic rings. The number of hydrogen-bond donors (Lipinski definition) is 3. The maximum atomic E-state index is 15.7. The monoisotopic (exact) mass is 1540 g/mol. The van der Waals surface area contributed by atoms with Gasteiger partial charge < -0.3 is 64.8 Å². The molecule has 32 heteroatoms. The summed E-state index contributed by atoms with van der Waals surface area (Å²) in [6.45, 7) is 13.9. The Morgan fingerprint density at radius 1 is 0.607 bits per heavy atom. The summed E-state index contributed by atoms with van der Waals surface area (Å²) in [5.74, 6) is -14.4. The second-order valence-electron chi connectivity index (χ2n) is 32.2. The number of ether oxygens (including phenoxy) is 1. The second kappa shape index (κ2) is 37.5. The molecule has 4 aliphatic heterocycles. The summed E-state index contributed by atoms with van der Waals surface area (Å²) in [6, 6.07) is -12.0. The van der Waals surface area contributed by atoms with Crippen LogP contribution in [0.1, 0.15) is 197 Å². The predicted molar refractivity (Wildman–Crippen MR) is 386 cm³/mol. The molecule has 0 aromatic rings. The number of alkyl halides is 7. The van der Waals surface area contributed by atoms with Crippen molar-refractivity contribution in [2.75, 3.05) is 81.6 Å². The van der Waals surface area contributed by atoms with Crippen molar-refractivity contribution in [2.24, 2.45) is 41.4 Å². The van der Waals surface area contributed by atoms with E-state index in [4.69, 9.17) is 16.3 Å². The molecule has 3 saturated carbocycles. The maximum Gasteiger partial charge on any atom is 0.393 e. The van der Waals surface area contributed by atoms with Gasteiger partial charge in [0.1, 0.15) is 59.9 Å². The molecule has 25 nitrogen and oxygen atoms in total. The van der Waals surface area contributed by atoms with Crippen LogP contribution in [0.3, 0.4) is 0 Å². The normalized spacial score (nSPS) is 32.0. The van der Waals surface area contributed by atoms with Crippen molar-refractivity contribution in [3.8, 4) is 0 Å². The zero-order valence-corrected chi connectivity index (χ0v) is 65.9. The van der Waals surface area contributed by atoms with Gasteiger partial charge in [-0.1, -0.05) is 67.2 Å². The molecular formula is C75H119ClF6N12O13. The van der Waals surface area contributed by atoms with Gasteiger partial charge in [-0.2, -0.15) is 26.3 Å². The number of amides is 12. The van der Waals surface area contributed by atoms with Crippen molar-refractivity contribution in [3.05, 3.63) is 0 Å². The van der Waals surface area contributed by atoms with Crippen molar-refractivity contribution in [1.82, 2.24) is 60.0 Å². The topological polar surface area (TPSA) is 279 Å². The standard InChI is InChI=1S/C75H119ClF6N12O13/c1-15-44(6)61-70(104)87(10)46(8)65(99)93-35-30-54(93)68(102)89(12)57(38-48-22-26-49(27-23-48)74(77,78)79)67(101)86(9)42-59(95)83-53(29-25-47-24-28-51(52(76)37-47)75(80,81)82)66(100)94-41-50(107-17-3)39-56(94)64(98)85-73(31-18-19-32-73)72(106)91(14)62(45(7)16-2)71(105)90(13)58(69(103)92-33-20-21-34-92)40-60(96)88(11)55(36-43(4)5)63(97)84-61/h43-58,61-62H,15-42H2,1-14H3,(H,83,95)(H,84,97)(H,85,98)/t44-,45-,46-,47?,48?,49?,50+,51?,52?,53-,54-,55-,56-,57-,58-,61-,62-/m0/s1. The van der Waals surface area contributed by atoms with Crippen LogP contribution >= 0.6 is 11.6 Å². The lowest BCUT2D eigenvalue weighted by Gasteiger charge is -2.45. The van der Waals surface area contributed by atoms with Crippen LogP contribution < -0.4 is 16.0 Å². The smallest absolute Gasteiger partial charge is 0.377 e. The Labute approximate surface area is 632 Å². The fourth-order valence-electron chi connectivity index (χ4n) is 17.1. The highest BCUT2D eigenvalue weighted by molar-refractivity contribution is 6.21. The van der Waals surface area contributed by atoms with Crippen LogP contribution in [0.5, 0.6) is 0 Å². The van der Waals surface area contributed by atoms with Crippen molar-refractivity contribution < 1.29 is 88.6 Å². The van der Waals surface area contributed by atoms with E-state index in [1.165, 1.54) is 73.7 Å². The van der Waals surface area contributed by atoms with Crippen LogP contribution in [0, 0.1) is 41.4 Å². The average Bonchev–Trinajstić information content (AvgIpc) is 0.826. The molecule has 4 saturated heterocycles. The van der Waals surface area contributed by atoms with E-state index in [9.17, 15) is 55.1 Å². The molecule has 107 heavy (non-hydrogen) atoms. The SMILES string of the molecule is CCO[C@@H]1C[C@H]2C(=O)NC3(CCCC3)C(=O)N(C)[C@@H]([C@@H](C)CC)C(=O)N(C)[C@H](C(=O)N3CCCC3)CC(=O)N(C)[C@@H](CC(C)C)C(=O)N[C@@H]([C@@H](C)CC)C(=O)N(C)[C@@H](C)C(=O)N3CC[C@H]3C(=O)N(C)[C@@H](CC3CCC(C(F)(F)F)CC3)C(=O)N(C)CC(=O)N[C@@H](CCC3CCC(C(F)(F)F)C(Cl)C3)C(=O)N2C1. The molecule has 0 bridgehead atoms. The number of fused-ring (bicyclic) bond motifs is 2. The van der Waals surface area contributed by atoms with Crippen LogP contribution in [-0.2, 0) is 62.3 Å². The number of nitrogens with one attached hydrogen (secondary N) is 3. The number of rotatable bonds is 14. The summed E-state index contributed by atoms with van der Waals surface area (Å²) < 4.78 is 90.5. The Balaban J connectivity index is 1.31. The van der Waals surface area contributed by atoms with Gasteiger partial charge in [-0.15, -0.1) is 11.6 Å². The molecular weight excluding hydrogens is 1430 g/mol. The van der Waals surface area contributed by atoms with Gasteiger partial charge in [-0.3, -0.25) is 57.5 Å². The van der Waals surface area contributed by atoms with Gasteiger partial charge in [0.05, 0.1) is 30.9 Å². The lowest BCUT2D eigenvalue weighted by Crippen LogP contribution is -2.65. The highest BCUT2D eigenvalue weighted by Gasteiger charge is 2.54. The summed E-state index contributed by atoms with van der Waals surface area (Å²) in [6.07, 6.45) is -8.18. The number of likely N-dealkylation sites (N-methyl/N-ethyl adjacent to an activating group) is 6. The molecule has 3 aliphatic carbocycles. The molecule has 0 aromatic carbocycles. The largest absolute Gasteiger partial charge is 0.393 e. The van der Waals surface area contributed by atoms with Crippen molar-refractivity contribution in [2.45, 2.75) is 280 Å². The Morgan fingerprint density at radius 3 is 1.78 bits per heavy atom. The van der Waals surface area contributed by atoms with Gasteiger partial charge in [0, 0.05) is 86.9 Å². The first kappa shape index (κ1) is 87.7. The van der Waals surface area contributed by atoms with E-state index in [2.05, 4.69) is 16.0 Å². The quantitative estimate of drug-likeness (QED) is 0.118. The number of nitrogens with zero attached hydrogens (tertiary/aromatic N) is 9. The van der Waals surface area contributed by atoms with Crippen molar-refractivity contribution >= 4 is 82.5 Å². The van der Waals surface area contributed by atoms with Gasteiger partial charge in [-0.25, -0.2) is 0 Å². The third-order valence-corrected chi connectivity index (χ3v) is 25.1. The average molecular weight is 1550 g/mol. The van der Waals surface area contributed by atoms with Crippen LogP contribution in [0.25, 0.3) is 0 Å². The number of halogens is 7. The van der Waals surface area contributed by atoms with Gasteiger partial charge >= 0.3 is 12.4 Å². The number of likely N-dealkylation sites (tertiary alicyclic amines) is 1. The third-order valence-electron chi connectivity index (χ3n) is 24.6. The molecule has 606 valence electrons. The minimum absolute atomic E-state index is 0.0383. The zero-order valence-electron chi connectivity index (χ0n) is 65.2. The maximum absolute atomic E-state index is 15.7. The summed E-state index contributed by atoms with van der Waals surface area (Å²) in [4.78, 5) is 193. The highest BCUT2D eigenvalue weighted by Crippen LogP contribution is 2.45. The molecule has 3 unspecified atom stereocenters. The summed E-state index contributed by atoms with van der Waals surface area (Å²) in [5.41, 5.74) is -1.67. The van der Waals surface area contributed by atoms with E-state index < -0.39 is 203 Å². The highest BCUT2D eigenvalue weighted by atomic mass is 35.5. The van der Waals surface area contributed by atoms with Crippen LogP contribution in [-0.4, -0.2) is 280 Å². The van der Waals surface area contributed by atoms with Gasteiger partial charge in [0.25, 0.3) is 0 Å². The minimum Gasteiger partial charge on any atom is -0.377 e. The molecule has 4 heterocycles. The lowest BCUT2D eigenvalue weighted by molar-refractivity contribution is -0.184. The lowest BCUT2D eigenvalue weighted by atomic mass is 9.78. The zero-order chi connectivity index (χ0) is 79.6. The van der Waals surface area contributed by atoms with Crippen LogP contribution in [0.15, 0.2) is 0 Å². The van der Waals surface area contributed by atoms with Gasteiger partial charge in [0.2, 0.25) is 70.9 Å². The van der Waals surface area contributed by atoms with Crippen LogP contribution in [0.2, 0.25) is 0 Å². The van der Waals surface area contributed by atoms with Gasteiger partial charge in [-0.05, 0) is 146 Å². The molecule has 0 radical (unpaired) electrons. The van der Waals surface area contributed by atoms with Gasteiger partial charge in [0.15, 0.2) is 0 Å². The van der Waals surface area contributed by atoms with E-state index in [0.717, 1.165) is 14.7 Å². The first-order valence-corrected chi connectivity index (χ1v) is 39.3. The molecule has 1 spiro atoms.